The molecule has 0 unspecified atom stereocenters. The van der Waals surface area contributed by atoms with Crippen LogP contribution >= 0.6 is 0 Å². The number of aliphatic hydroxyl groups excluding tert-OH is 1. The molecule has 0 radical (unpaired) electrons. The molecule has 0 bridgehead atoms. The monoisotopic (exact) mass is 259 g/mol. The lowest BCUT2D eigenvalue weighted by atomic mass is 10.1. The van der Waals surface area contributed by atoms with E-state index < -0.39 is 0 Å². The first-order chi connectivity index (χ1) is 9.17. The van der Waals surface area contributed by atoms with Gasteiger partial charge in [-0.15, -0.1) is 0 Å². The molecular weight excluding hydrogens is 238 g/mol. The van der Waals surface area contributed by atoms with Gasteiger partial charge < -0.3 is 15.7 Å². The molecule has 0 aliphatic carbocycles. The molecule has 19 heavy (non-hydrogen) atoms. The van der Waals surface area contributed by atoms with E-state index in [1.807, 2.05) is 25.3 Å². The van der Waals surface area contributed by atoms with Gasteiger partial charge in [0.2, 0.25) is 0 Å². The number of nitrogens with two attached hydrogens (primary N) is 1. The summed E-state index contributed by atoms with van der Waals surface area (Å²) < 4.78 is 0. The third-order valence-electron chi connectivity index (χ3n) is 3.25. The summed E-state index contributed by atoms with van der Waals surface area (Å²) >= 11 is 0. The molecule has 1 aromatic carbocycles. The highest BCUT2D eigenvalue weighted by atomic mass is 16.3. The van der Waals surface area contributed by atoms with Crippen LogP contribution in [0.15, 0.2) is 24.4 Å². The summed E-state index contributed by atoms with van der Waals surface area (Å²) in [6.45, 7) is 5.81. The number of benzene rings is 1. The summed E-state index contributed by atoms with van der Waals surface area (Å²) in [4.78, 5) is 6.51. The van der Waals surface area contributed by atoms with E-state index in [1.54, 1.807) is 0 Å². The molecule has 0 aliphatic heterocycles. The summed E-state index contributed by atoms with van der Waals surface area (Å²) in [6.07, 6.45) is 2.86. The van der Waals surface area contributed by atoms with Crippen LogP contribution in [0.25, 0.3) is 10.8 Å². The van der Waals surface area contributed by atoms with Crippen LogP contribution in [0, 0.1) is 6.92 Å². The normalized spacial score (nSPS) is 10.9. The van der Waals surface area contributed by atoms with Crippen molar-refractivity contribution < 1.29 is 5.11 Å². The Morgan fingerprint density at radius 3 is 2.74 bits per heavy atom. The fraction of sp³-hybridized carbons (Fsp3) is 0.400. The highest BCUT2D eigenvalue weighted by Crippen LogP contribution is 2.31. The van der Waals surface area contributed by atoms with Crippen LogP contribution in [0.4, 0.5) is 11.4 Å². The standard InChI is InChI=1S/C15H21N3O/c1-3-6-18(7-8-19)15-5-4-14(16)13-10-17-11(2)9-12(13)15/h4-5,9-10,19H,3,6-8,16H2,1-2H3. The molecular formula is C15H21N3O. The average Bonchev–Trinajstić information content (AvgIpc) is 2.39. The first-order valence-corrected chi connectivity index (χ1v) is 6.68. The number of anilines is 2. The topological polar surface area (TPSA) is 62.4 Å². The van der Waals surface area contributed by atoms with E-state index in [4.69, 9.17) is 5.73 Å². The van der Waals surface area contributed by atoms with Crippen molar-refractivity contribution in [2.45, 2.75) is 20.3 Å². The first-order valence-electron chi connectivity index (χ1n) is 6.68. The molecule has 0 amide bonds. The van der Waals surface area contributed by atoms with Gasteiger partial charge in [0.15, 0.2) is 0 Å². The fourth-order valence-corrected chi connectivity index (χ4v) is 2.37. The van der Waals surface area contributed by atoms with Crippen LogP contribution in [-0.2, 0) is 0 Å². The predicted molar refractivity (Wildman–Crippen MR) is 80.5 cm³/mol. The molecule has 1 heterocycles. The van der Waals surface area contributed by atoms with Gasteiger partial charge >= 0.3 is 0 Å². The smallest absolute Gasteiger partial charge is 0.0606 e. The van der Waals surface area contributed by atoms with E-state index in [9.17, 15) is 5.11 Å². The summed E-state index contributed by atoms with van der Waals surface area (Å²) in [5, 5.41) is 11.3. The zero-order valence-corrected chi connectivity index (χ0v) is 11.6. The van der Waals surface area contributed by atoms with Crippen molar-refractivity contribution in [2.24, 2.45) is 0 Å². The summed E-state index contributed by atoms with van der Waals surface area (Å²) in [5.41, 5.74) is 8.85. The molecule has 2 rings (SSSR count). The zero-order chi connectivity index (χ0) is 13.8. The van der Waals surface area contributed by atoms with E-state index in [-0.39, 0.29) is 6.61 Å². The number of hydrogen-bond donors (Lipinski definition) is 2. The molecule has 3 N–H and O–H groups in total. The van der Waals surface area contributed by atoms with Gasteiger partial charge in [-0.25, -0.2) is 0 Å². The van der Waals surface area contributed by atoms with E-state index in [1.165, 1.54) is 0 Å². The van der Waals surface area contributed by atoms with E-state index in [0.717, 1.165) is 40.8 Å². The van der Waals surface area contributed by atoms with Gasteiger partial charge in [0.1, 0.15) is 0 Å². The number of hydrogen-bond acceptors (Lipinski definition) is 4. The third kappa shape index (κ3) is 2.79. The summed E-state index contributed by atoms with van der Waals surface area (Å²) in [6, 6.07) is 6.00. The molecule has 0 fully saturated rings. The second-order valence-electron chi connectivity index (χ2n) is 4.76. The SMILES string of the molecule is CCCN(CCO)c1ccc(N)c2cnc(C)cc12. The Bertz CT molecular complexity index is 563. The van der Waals surface area contributed by atoms with Crippen molar-refractivity contribution in [3.63, 3.8) is 0 Å². The Labute approximate surface area is 113 Å². The van der Waals surface area contributed by atoms with Gasteiger partial charge in [-0.05, 0) is 31.5 Å². The largest absolute Gasteiger partial charge is 0.398 e. The van der Waals surface area contributed by atoms with Gasteiger partial charge in [-0.3, -0.25) is 4.98 Å². The number of aromatic nitrogens is 1. The molecule has 4 nitrogen and oxygen atoms in total. The Balaban J connectivity index is 2.58. The Morgan fingerprint density at radius 2 is 2.05 bits per heavy atom. The Kier molecular flexibility index (Phi) is 4.22. The van der Waals surface area contributed by atoms with Crippen molar-refractivity contribution in [1.82, 2.24) is 4.98 Å². The molecule has 102 valence electrons. The molecule has 2 aromatic rings. The van der Waals surface area contributed by atoms with Gasteiger partial charge in [0.05, 0.1) is 6.61 Å². The van der Waals surface area contributed by atoms with Crippen LogP contribution < -0.4 is 10.6 Å². The molecule has 0 saturated carbocycles. The lowest BCUT2D eigenvalue weighted by Gasteiger charge is -2.25. The molecule has 0 aliphatic rings. The Morgan fingerprint density at radius 1 is 1.26 bits per heavy atom. The minimum Gasteiger partial charge on any atom is -0.398 e. The van der Waals surface area contributed by atoms with Gasteiger partial charge in [0.25, 0.3) is 0 Å². The first kappa shape index (κ1) is 13.6. The van der Waals surface area contributed by atoms with Crippen LogP contribution in [0.2, 0.25) is 0 Å². The van der Waals surface area contributed by atoms with Crippen molar-refractivity contribution in [1.29, 1.82) is 0 Å². The summed E-state index contributed by atoms with van der Waals surface area (Å²) in [7, 11) is 0. The van der Waals surface area contributed by atoms with E-state index in [0.29, 0.717) is 6.54 Å². The maximum absolute atomic E-state index is 9.23. The maximum Gasteiger partial charge on any atom is 0.0606 e. The van der Waals surface area contributed by atoms with Crippen molar-refractivity contribution >= 4 is 22.1 Å². The van der Waals surface area contributed by atoms with E-state index >= 15 is 0 Å². The molecule has 0 saturated heterocycles. The highest BCUT2D eigenvalue weighted by molar-refractivity contribution is 6.01. The highest BCUT2D eigenvalue weighted by Gasteiger charge is 2.11. The lowest BCUT2D eigenvalue weighted by Crippen LogP contribution is -2.27. The number of pyridine rings is 1. The second kappa shape index (κ2) is 5.89. The quantitative estimate of drug-likeness (QED) is 0.809. The van der Waals surface area contributed by atoms with Crippen LogP contribution in [0.5, 0.6) is 0 Å². The van der Waals surface area contributed by atoms with Gasteiger partial charge in [-0.2, -0.15) is 0 Å². The van der Waals surface area contributed by atoms with Crippen molar-refractivity contribution in [2.75, 3.05) is 30.3 Å². The van der Waals surface area contributed by atoms with Crippen molar-refractivity contribution in [3.05, 3.63) is 30.1 Å². The fourth-order valence-electron chi connectivity index (χ4n) is 2.37. The Hall–Kier alpha value is -1.81. The van der Waals surface area contributed by atoms with Gasteiger partial charge in [0, 0.05) is 47.1 Å². The second-order valence-corrected chi connectivity index (χ2v) is 4.76. The zero-order valence-electron chi connectivity index (χ0n) is 11.6. The molecule has 0 atom stereocenters. The molecule has 1 aromatic heterocycles. The number of nitrogens with zero attached hydrogens (tertiary/aromatic N) is 2. The average molecular weight is 259 g/mol. The van der Waals surface area contributed by atoms with E-state index in [2.05, 4.69) is 22.9 Å². The van der Waals surface area contributed by atoms with Crippen LogP contribution in [-0.4, -0.2) is 29.8 Å². The maximum atomic E-state index is 9.23. The molecule has 4 heteroatoms. The minimum atomic E-state index is 0.149. The number of aliphatic hydroxyl groups is 1. The summed E-state index contributed by atoms with van der Waals surface area (Å²) in [5.74, 6) is 0. The lowest BCUT2D eigenvalue weighted by molar-refractivity contribution is 0.302. The van der Waals surface area contributed by atoms with Crippen molar-refractivity contribution in [3.8, 4) is 0 Å². The van der Waals surface area contributed by atoms with Crippen LogP contribution in [0.3, 0.4) is 0 Å². The number of fused-ring (bicyclic) bond motifs is 1. The number of aryl methyl sites for hydroxylation is 1. The third-order valence-corrected chi connectivity index (χ3v) is 3.25. The number of rotatable bonds is 5. The van der Waals surface area contributed by atoms with Crippen LogP contribution in [0.1, 0.15) is 19.0 Å². The van der Waals surface area contributed by atoms with Gasteiger partial charge in [-0.1, -0.05) is 6.92 Å². The predicted octanol–water partition coefficient (Wildman–Crippen LogP) is 2.33. The molecule has 0 spiro atoms. The number of nitrogen functional groups attached to an aromatic ring is 1. The minimum absolute atomic E-state index is 0.149.